The molecule has 88 valence electrons. The van der Waals surface area contributed by atoms with Crippen LogP contribution in [0, 0.1) is 5.82 Å². The van der Waals surface area contributed by atoms with E-state index in [1.807, 2.05) is 26.0 Å². The van der Waals surface area contributed by atoms with E-state index in [0.29, 0.717) is 6.04 Å². The average Bonchev–Trinajstić information content (AvgIpc) is 2.65. The molecule has 0 bridgehead atoms. The second kappa shape index (κ2) is 4.83. The molecule has 1 fully saturated rings. The Kier molecular flexibility index (Phi) is 3.44. The highest BCUT2D eigenvalue weighted by atomic mass is 19.1. The van der Waals surface area contributed by atoms with Gasteiger partial charge in [-0.2, -0.15) is 0 Å². The Labute approximate surface area is 95.8 Å². The average molecular weight is 223 g/mol. The predicted octanol–water partition coefficient (Wildman–Crippen LogP) is 2.98. The molecule has 0 aromatic heterocycles. The summed E-state index contributed by atoms with van der Waals surface area (Å²) >= 11 is 0. The summed E-state index contributed by atoms with van der Waals surface area (Å²) in [5.74, 6) is -0.126. The van der Waals surface area contributed by atoms with Crippen molar-refractivity contribution in [2.24, 2.45) is 0 Å². The molecule has 3 heteroatoms. The van der Waals surface area contributed by atoms with Crippen LogP contribution in [0.5, 0.6) is 0 Å². The highest BCUT2D eigenvalue weighted by Gasteiger charge is 2.23. The van der Waals surface area contributed by atoms with E-state index in [9.17, 15) is 4.39 Å². The number of halogens is 1. The van der Waals surface area contributed by atoms with Crippen molar-refractivity contribution < 1.29 is 9.13 Å². The molecule has 2 atom stereocenters. The van der Waals surface area contributed by atoms with Gasteiger partial charge in [0.25, 0.3) is 0 Å². The van der Waals surface area contributed by atoms with Crippen LogP contribution in [-0.4, -0.2) is 18.8 Å². The Bertz CT molecular complexity index is 367. The van der Waals surface area contributed by atoms with Crippen LogP contribution in [-0.2, 0) is 11.2 Å². The summed E-state index contributed by atoms with van der Waals surface area (Å²) in [5.41, 5.74) is 1.61. The van der Waals surface area contributed by atoms with Gasteiger partial charge in [-0.15, -0.1) is 0 Å². The smallest absolute Gasteiger partial charge is 0.128 e. The number of ether oxygens (including phenoxy) is 1. The maximum atomic E-state index is 13.6. The number of nitrogens with one attached hydrogen (secondary N) is 1. The van der Waals surface area contributed by atoms with E-state index in [1.54, 1.807) is 6.07 Å². The summed E-state index contributed by atoms with van der Waals surface area (Å²) in [4.78, 5) is 0. The lowest BCUT2D eigenvalue weighted by molar-refractivity contribution is 0.121. The molecule has 1 heterocycles. The molecule has 0 amide bonds. The fourth-order valence-corrected chi connectivity index (χ4v) is 2.06. The van der Waals surface area contributed by atoms with Crippen molar-refractivity contribution in [3.05, 3.63) is 29.6 Å². The summed E-state index contributed by atoms with van der Waals surface area (Å²) in [6.07, 6.45) is 1.92. The summed E-state index contributed by atoms with van der Waals surface area (Å²) < 4.78 is 19.0. The molecular weight excluding hydrogens is 205 g/mol. The Hall–Kier alpha value is -1.09. The molecule has 1 aliphatic heterocycles. The molecule has 1 aliphatic rings. The zero-order valence-corrected chi connectivity index (χ0v) is 9.79. The van der Waals surface area contributed by atoms with E-state index in [2.05, 4.69) is 5.32 Å². The van der Waals surface area contributed by atoms with Crippen molar-refractivity contribution in [2.75, 3.05) is 11.9 Å². The monoisotopic (exact) mass is 223 g/mol. The van der Waals surface area contributed by atoms with Gasteiger partial charge in [0.15, 0.2) is 0 Å². The third-order valence-corrected chi connectivity index (χ3v) is 3.16. The number of aryl methyl sites for hydroxylation is 1. The molecule has 0 spiro atoms. The normalized spacial score (nSPS) is 24.7. The molecule has 2 unspecified atom stereocenters. The van der Waals surface area contributed by atoms with E-state index in [4.69, 9.17) is 4.74 Å². The molecule has 2 rings (SSSR count). The SMILES string of the molecule is CCc1ccc(NC2CCOC2C)cc1F. The molecular formula is C13H18FNO. The second-order valence-corrected chi connectivity index (χ2v) is 4.28. The van der Waals surface area contributed by atoms with Gasteiger partial charge < -0.3 is 10.1 Å². The first-order valence-corrected chi connectivity index (χ1v) is 5.87. The second-order valence-electron chi connectivity index (χ2n) is 4.28. The van der Waals surface area contributed by atoms with Crippen molar-refractivity contribution in [3.63, 3.8) is 0 Å². The van der Waals surface area contributed by atoms with E-state index in [0.717, 1.165) is 30.7 Å². The maximum Gasteiger partial charge on any atom is 0.128 e. The van der Waals surface area contributed by atoms with Gasteiger partial charge in [-0.05, 0) is 37.5 Å². The Morgan fingerprint density at radius 3 is 2.88 bits per heavy atom. The van der Waals surface area contributed by atoms with E-state index in [-0.39, 0.29) is 11.9 Å². The van der Waals surface area contributed by atoms with Crippen LogP contribution >= 0.6 is 0 Å². The fraction of sp³-hybridized carbons (Fsp3) is 0.538. The van der Waals surface area contributed by atoms with Crippen LogP contribution in [0.25, 0.3) is 0 Å². The summed E-state index contributed by atoms with van der Waals surface area (Å²) in [5, 5.41) is 3.32. The fourth-order valence-electron chi connectivity index (χ4n) is 2.06. The van der Waals surface area contributed by atoms with Crippen LogP contribution in [0.2, 0.25) is 0 Å². The van der Waals surface area contributed by atoms with E-state index < -0.39 is 0 Å². The first kappa shape index (κ1) is 11.4. The Morgan fingerprint density at radius 2 is 2.31 bits per heavy atom. The van der Waals surface area contributed by atoms with E-state index >= 15 is 0 Å². The molecule has 1 aromatic rings. The lowest BCUT2D eigenvalue weighted by atomic mass is 10.1. The molecule has 1 saturated heterocycles. The minimum Gasteiger partial charge on any atom is -0.380 e. The largest absolute Gasteiger partial charge is 0.380 e. The topological polar surface area (TPSA) is 21.3 Å². The summed E-state index contributed by atoms with van der Waals surface area (Å²) in [6, 6.07) is 5.65. The van der Waals surface area contributed by atoms with Crippen molar-refractivity contribution in [1.82, 2.24) is 0 Å². The lowest BCUT2D eigenvalue weighted by Gasteiger charge is -2.17. The van der Waals surface area contributed by atoms with Crippen LogP contribution in [0.15, 0.2) is 18.2 Å². The minimum atomic E-state index is -0.126. The molecule has 0 saturated carbocycles. The maximum absolute atomic E-state index is 13.6. The quantitative estimate of drug-likeness (QED) is 0.850. The molecule has 1 aromatic carbocycles. The third-order valence-electron chi connectivity index (χ3n) is 3.16. The van der Waals surface area contributed by atoms with Crippen LogP contribution in [0.1, 0.15) is 25.8 Å². The standard InChI is InChI=1S/C13H18FNO/c1-3-10-4-5-11(8-12(10)14)15-13-6-7-16-9(13)2/h4-5,8-9,13,15H,3,6-7H2,1-2H3. The Balaban J connectivity index is 2.07. The number of benzene rings is 1. The summed E-state index contributed by atoms with van der Waals surface area (Å²) in [7, 11) is 0. The molecule has 0 radical (unpaired) electrons. The van der Waals surface area contributed by atoms with Gasteiger partial charge in [0, 0.05) is 12.3 Å². The highest BCUT2D eigenvalue weighted by molar-refractivity contribution is 5.46. The van der Waals surface area contributed by atoms with Crippen molar-refractivity contribution in [3.8, 4) is 0 Å². The van der Waals surface area contributed by atoms with Gasteiger partial charge in [-0.25, -0.2) is 4.39 Å². The van der Waals surface area contributed by atoms with Gasteiger partial charge >= 0.3 is 0 Å². The van der Waals surface area contributed by atoms with Crippen molar-refractivity contribution in [2.45, 2.75) is 38.8 Å². The first-order chi connectivity index (χ1) is 7.70. The van der Waals surface area contributed by atoms with Gasteiger partial charge in [0.05, 0.1) is 12.1 Å². The molecule has 1 N–H and O–H groups in total. The number of hydrogen-bond donors (Lipinski definition) is 1. The van der Waals surface area contributed by atoms with Gasteiger partial charge in [0.1, 0.15) is 5.82 Å². The van der Waals surface area contributed by atoms with Gasteiger partial charge in [0.2, 0.25) is 0 Å². The van der Waals surface area contributed by atoms with Crippen molar-refractivity contribution >= 4 is 5.69 Å². The molecule has 2 nitrogen and oxygen atoms in total. The van der Waals surface area contributed by atoms with Crippen LogP contribution < -0.4 is 5.32 Å². The molecule has 0 aliphatic carbocycles. The first-order valence-electron chi connectivity index (χ1n) is 5.87. The van der Waals surface area contributed by atoms with Crippen LogP contribution in [0.3, 0.4) is 0 Å². The Morgan fingerprint density at radius 1 is 1.50 bits per heavy atom. The summed E-state index contributed by atoms with van der Waals surface area (Å²) in [6.45, 7) is 4.79. The number of hydrogen-bond acceptors (Lipinski definition) is 2. The van der Waals surface area contributed by atoms with Gasteiger partial charge in [-0.1, -0.05) is 13.0 Å². The van der Waals surface area contributed by atoms with Crippen LogP contribution in [0.4, 0.5) is 10.1 Å². The number of anilines is 1. The lowest BCUT2D eigenvalue weighted by Crippen LogP contribution is -2.26. The third kappa shape index (κ3) is 2.35. The predicted molar refractivity (Wildman–Crippen MR) is 63.2 cm³/mol. The molecule has 16 heavy (non-hydrogen) atoms. The minimum absolute atomic E-state index is 0.126. The zero-order valence-electron chi connectivity index (χ0n) is 9.79. The van der Waals surface area contributed by atoms with Gasteiger partial charge in [-0.3, -0.25) is 0 Å². The number of rotatable bonds is 3. The van der Waals surface area contributed by atoms with Crippen molar-refractivity contribution in [1.29, 1.82) is 0 Å². The highest BCUT2D eigenvalue weighted by Crippen LogP contribution is 2.21. The van der Waals surface area contributed by atoms with E-state index in [1.165, 1.54) is 0 Å². The zero-order chi connectivity index (χ0) is 11.5.